The number of nitrogens with zero attached hydrogens (tertiary/aromatic N) is 1. The molecule has 1 aromatic heterocycles. The fourth-order valence-corrected chi connectivity index (χ4v) is 3.12. The van der Waals surface area contributed by atoms with Crippen molar-refractivity contribution in [3.05, 3.63) is 17.0 Å². The zero-order valence-corrected chi connectivity index (χ0v) is 12.0. The van der Waals surface area contributed by atoms with E-state index in [2.05, 4.69) is 17.4 Å². The molecular formula is C15H26N2O. The molecule has 0 amide bonds. The van der Waals surface area contributed by atoms with Crippen molar-refractivity contribution >= 4 is 0 Å². The molecule has 3 heteroatoms. The Hall–Kier alpha value is -0.830. The summed E-state index contributed by atoms with van der Waals surface area (Å²) >= 11 is 0. The van der Waals surface area contributed by atoms with Crippen LogP contribution in [-0.4, -0.2) is 11.7 Å². The van der Waals surface area contributed by atoms with Gasteiger partial charge in [-0.1, -0.05) is 30.8 Å². The highest BCUT2D eigenvalue weighted by Gasteiger charge is 2.18. The second-order valence-electron chi connectivity index (χ2n) is 5.73. The Labute approximate surface area is 110 Å². The van der Waals surface area contributed by atoms with Gasteiger partial charge in [0.1, 0.15) is 5.76 Å². The summed E-state index contributed by atoms with van der Waals surface area (Å²) in [6, 6.07) is 0.347. The third kappa shape index (κ3) is 3.35. The van der Waals surface area contributed by atoms with Gasteiger partial charge in [-0.25, -0.2) is 0 Å². The average Bonchev–Trinajstić information content (AvgIpc) is 2.59. The molecule has 1 N–H and O–H groups in total. The average molecular weight is 250 g/mol. The van der Waals surface area contributed by atoms with Crippen LogP contribution in [0.2, 0.25) is 0 Å². The summed E-state index contributed by atoms with van der Waals surface area (Å²) in [5, 5.41) is 7.70. The van der Waals surface area contributed by atoms with Crippen LogP contribution in [0.4, 0.5) is 0 Å². The van der Waals surface area contributed by atoms with Gasteiger partial charge in [0.05, 0.1) is 5.69 Å². The topological polar surface area (TPSA) is 38.1 Å². The molecule has 1 atom stereocenters. The van der Waals surface area contributed by atoms with Gasteiger partial charge in [-0.15, -0.1) is 0 Å². The molecule has 1 fully saturated rings. The van der Waals surface area contributed by atoms with Crippen molar-refractivity contribution in [2.75, 3.05) is 6.54 Å². The fraction of sp³-hybridized carbons (Fsp3) is 0.800. The van der Waals surface area contributed by atoms with E-state index in [9.17, 15) is 0 Å². The summed E-state index contributed by atoms with van der Waals surface area (Å²) in [5.41, 5.74) is 2.26. The lowest BCUT2D eigenvalue weighted by Crippen LogP contribution is -2.26. The van der Waals surface area contributed by atoms with Crippen molar-refractivity contribution in [1.82, 2.24) is 10.5 Å². The third-order valence-electron chi connectivity index (χ3n) is 4.21. The van der Waals surface area contributed by atoms with Gasteiger partial charge < -0.3 is 9.84 Å². The Morgan fingerprint density at radius 3 is 2.44 bits per heavy atom. The molecule has 3 nitrogen and oxygen atoms in total. The second kappa shape index (κ2) is 6.37. The molecule has 1 saturated carbocycles. The summed E-state index contributed by atoms with van der Waals surface area (Å²) in [5.74, 6) is 1.81. The van der Waals surface area contributed by atoms with E-state index in [1.807, 2.05) is 13.8 Å². The number of aryl methyl sites for hydroxylation is 2. The standard InChI is InChI=1S/C15H26N2O/c1-11(15-12(2)17-18-13(15)3)16-10-14-8-6-4-5-7-9-14/h11,14,16H,4-10H2,1-3H3. The van der Waals surface area contributed by atoms with Crippen LogP contribution in [0.5, 0.6) is 0 Å². The second-order valence-corrected chi connectivity index (χ2v) is 5.73. The number of aromatic nitrogens is 1. The molecule has 1 heterocycles. The van der Waals surface area contributed by atoms with E-state index < -0.39 is 0 Å². The summed E-state index contributed by atoms with van der Waals surface area (Å²) in [6.45, 7) is 7.36. The van der Waals surface area contributed by atoms with Gasteiger partial charge in [0.15, 0.2) is 0 Å². The molecule has 1 aromatic rings. The Kier molecular flexibility index (Phi) is 4.81. The van der Waals surface area contributed by atoms with Crippen molar-refractivity contribution < 1.29 is 4.52 Å². The van der Waals surface area contributed by atoms with Gasteiger partial charge >= 0.3 is 0 Å². The van der Waals surface area contributed by atoms with E-state index in [0.717, 1.165) is 23.9 Å². The van der Waals surface area contributed by atoms with E-state index in [1.165, 1.54) is 44.1 Å². The van der Waals surface area contributed by atoms with E-state index in [0.29, 0.717) is 6.04 Å². The molecular weight excluding hydrogens is 224 g/mol. The van der Waals surface area contributed by atoms with E-state index in [1.54, 1.807) is 0 Å². The predicted octanol–water partition coefficient (Wildman–Crippen LogP) is 3.91. The number of hydrogen-bond acceptors (Lipinski definition) is 3. The maximum Gasteiger partial charge on any atom is 0.138 e. The quantitative estimate of drug-likeness (QED) is 0.823. The number of hydrogen-bond donors (Lipinski definition) is 1. The molecule has 0 bridgehead atoms. The molecule has 1 aliphatic carbocycles. The smallest absolute Gasteiger partial charge is 0.138 e. The van der Waals surface area contributed by atoms with E-state index in [4.69, 9.17) is 4.52 Å². The first-order valence-corrected chi connectivity index (χ1v) is 7.34. The maximum absolute atomic E-state index is 5.24. The van der Waals surface area contributed by atoms with Gasteiger partial charge in [0.2, 0.25) is 0 Å². The first-order chi connectivity index (χ1) is 8.68. The highest BCUT2D eigenvalue weighted by Crippen LogP contribution is 2.24. The summed E-state index contributed by atoms with van der Waals surface area (Å²) < 4.78 is 5.24. The minimum atomic E-state index is 0.347. The molecule has 18 heavy (non-hydrogen) atoms. The molecule has 0 spiro atoms. The Morgan fingerprint density at radius 2 is 1.89 bits per heavy atom. The first kappa shape index (κ1) is 13.6. The molecule has 0 aliphatic heterocycles. The highest BCUT2D eigenvalue weighted by atomic mass is 16.5. The first-order valence-electron chi connectivity index (χ1n) is 7.34. The normalized spacial score (nSPS) is 19.7. The van der Waals surface area contributed by atoms with E-state index >= 15 is 0 Å². The van der Waals surface area contributed by atoms with Crippen LogP contribution in [0.25, 0.3) is 0 Å². The fourth-order valence-electron chi connectivity index (χ4n) is 3.12. The van der Waals surface area contributed by atoms with Crippen LogP contribution in [0.1, 0.15) is 68.5 Å². The summed E-state index contributed by atoms with van der Waals surface area (Å²) in [4.78, 5) is 0. The van der Waals surface area contributed by atoms with Crippen LogP contribution in [0.15, 0.2) is 4.52 Å². The van der Waals surface area contributed by atoms with Gasteiger partial charge in [-0.3, -0.25) is 0 Å². The lowest BCUT2D eigenvalue weighted by molar-refractivity contribution is 0.384. The number of rotatable bonds is 4. The number of nitrogens with one attached hydrogen (secondary N) is 1. The van der Waals surface area contributed by atoms with Gasteiger partial charge in [0, 0.05) is 11.6 Å². The van der Waals surface area contributed by atoms with Crippen LogP contribution < -0.4 is 5.32 Å². The van der Waals surface area contributed by atoms with Crippen molar-refractivity contribution in [2.45, 2.75) is 65.3 Å². The molecule has 0 saturated heterocycles. The summed E-state index contributed by atoms with van der Waals surface area (Å²) in [7, 11) is 0. The summed E-state index contributed by atoms with van der Waals surface area (Å²) in [6.07, 6.45) is 8.45. The predicted molar refractivity (Wildman–Crippen MR) is 73.6 cm³/mol. The zero-order chi connectivity index (χ0) is 13.0. The SMILES string of the molecule is Cc1noc(C)c1C(C)NCC1CCCCCC1. The third-order valence-corrected chi connectivity index (χ3v) is 4.21. The van der Waals surface area contributed by atoms with Crippen molar-refractivity contribution in [3.63, 3.8) is 0 Å². The Bertz CT molecular complexity index is 345. The molecule has 0 aromatic carbocycles. The molecule has 0 radical (unpaired) electrons. The highest BCUT2D eigenvalue weighted by molar-refractivity contribution is 5.24. The van der Waals surface area contributed by atoms with Crippen LogP contribution in [0, 0.1) is 19.8 Å². The minimum Gasteiger partial charge on any atom is -0.361 e. The molecule has 2 rings (SSSR count). The molecule has 102 valence electrons. The Morgan fingerprint density at radius 1 is 1.22 bits per heavy atom. The van der Waals surface area contributed by atoms with Crippen molar-refractivity contribution in [1.29, 1.82) is 0 Å². The van der Waals surface area contributed by atoms with Gasteiger partial charge in [-0.2, -0.15) is 0 Å². The van der Waals surface area contributed by atoms with Crippen LogP contribution in [-0.2, 0) is 0 Å². The molecule has 1 unspecified atom stereocenters. The molecule has 1 aliphatic rings. The largest absolute Gasteiger partial charge is 0.361 e. The minimum absolute atomic E-state index is 0.347. The van der Waals surface area contributed by atoms with Crippen LogP contribution >= 0.6 is 0 Å². The maximum atomic E-state index is 5.24. The zero-order valence-electron chi connectivity index (χ0n) is 12.0. The monoisotopic (exact) mass is 250 g/mol. The van der Waals surface area contributed by atoms with Crippen molar-refractivity contribution in [2.24, 2.45) is 5.92 Å². The lowest BCUT2D eigenvalue weighted by Gasteiger charge is -2.19. The Balaban J connectivity index is 1.86. The van der Waals surface area contributed by atoms with Gasteiger partial charge in [-0.05, 0) is 46.1 Å². The van der Waals surface area contributed by atoms with E-state index in [-0.39, 0.29) is 0 Å². The van der Waals surface area contributed by atoms with Crippen molar-refractivity contribution in [3.8, 4) is 0 Å². The van der Waals surface area contributed by atoms with Crippen LogP contribution in [0.3, 0.4) is 0 Å². The van der Waals surface area contributed by atoms with Gasteiger partial charge in [0.25, 0.3) is 0 Å². The lowest BCUT2D eigenvalue weighted by atomic mass is 9.99.